The molecule has 1 aromatic carbocycles. The lowest BCUT2D eigenvalue weighted by Crippen LogP contribution is -2.41. The summed E-state index contributed by atoms with van der Waals surface area (Å²) in [6, 6.07) is 5.48. The van der Waals surface area contributed by atoms with Crippen LogP contribution in [0.3, 0.4) is 0 Å². The van der Waals surface area contributed by atoms with Gasteiger partial charge in [0.15, 0.2) is 0 Å². The Morgan fingerprint density at radius 1 is 1.50 bits per heavy atom. The van der Waals surface area contributed by atoms with Crippen LogP contribution in [0.5, 0.6) is 5.75 Å². The third-order valence-corrected chi connectivity index (χ3v) is 2.97. The van der Waals surface area contributed by atoms with E-state index in [1.165, 1.54) is 0 Å². The minimum Gasteiger partial charge on any atom is -0.496 e. The molecule has 0 aliphatic carbocycles. The topological polar surface area (TPSA) is 59.0 Å². The number of hydrogen-bond donors (Lipinski definition) is 1. The van der Waals surface area contributed by atoms with E-state index < -0.39 is 0 Å². The lowest BCUT2D eigenvalue weighted by atomic mass is 10.1. The van der Waals surface area contributed by atoms with Crippen LogP contribution in [0.1, 0.15) is 11.1 Å². The van der Waals surface area contributed by atoms with E-state index in [1.807, 2.05) is 18.2 Å². The molecule has 18 heavy (non-hydrogen) atoms. The molecule has 5 heteroatoms. The smallest absolute Gasteiger partial charge is 0.248 e. The maximum atomic E-state index is 11.7. The highest BCUT2D eigenvalue weighted by atomic mass is 16.5. The average Bonchev–Trinajstić information content (AvgIpc) is 2.41. The number of aliphatic hydroxyl groups is 1. The van der Waals surface area contributed by atoms with Crippen molar-refractivity contribution in [3.05, 3.63) is 29.3 Å². The van der Waals surface area contributed by atoms with Crippen LogP contribution in [0.25, 0.3) is 0 Å². The van der Waals surface area contributed by atoms with Crippen LogP contribution in [-0.4, -0.2) is 42.8 Å². The zero-order valence-electron chi connectivity index (χ0n) is 10.4. The molecule has 0 spiro atoms. The quantitative estimate of drug-likeness (QED) is 0.849. The van der Waals surface area contributed by atoms with Gasteiger partial charge in [-0.1, -0.05) is 6.07 Å². The molecule has 1 aliphatic heterocycles. The molecule has 0 bridgehead atoms. The normalized spacial score (nSPS) is 15.9. The van der Waals surface area contributed by atoms with E-state index in [2.05, 4.69) is 0 Å². The maximum Gasteiger partial charge on any atom is 0.248 e. The number of nitrogens with zero attached hydrogens (tertiary/aromatic N) is 1. The zero-order valence-corrected chi connectivity index (χ0v) is 10.4. The number of carbonyl (C=O) groups is 1. The fourth-order valence-corrected chi connectivity index (χ4v) is 1.98. The summed E-state index contributed by atoms with van der Waals surface area (Å²) in [5.74, 6) is 0.712. The summed E-state index contributed by atoms with van der Waals surface area (Å²) in [5.41, 5.74) is 1.71. The molecule has 1 aliphatic rings. The Hall–Kier alpha value is -1.59. The molecule has 1 aromatic rings. The van der Waals surface area contributed by atoms with Gasteiger partial charge < -0.3 is 19.5 Å². The van der Waals surface area contributed by atoms with E-state index in [-0.39, 0.29) is 19.1 Å². The number of methoxy groups -OCH3 is 1. The summed E-state index contributed by atoms with van der Waals surface area (Å²) >= 11 is 0. The molecule has 1 amide bonds. The van der Waals surface area contributed by atoms with Gasteiger partial charge in [-0.15, -0.1) is 0 Å². The first kappa shape index (κ1) is 12.9. The van der Waals surface area contributed by atoms with Crippen LogP contribution < -0.4 is 4.74 Å². The van der Waals surface area contributed by atoms with E-state index in [9.17, 15) is 4.79 Å². The molecule has 1 heterocycles. The standard InChI is InChI=1S/C13H17NO4/c1-17-12-3-2-10(8-15)6-11(12)7-14-4-5-18-9-13(14)16/h2-3,6,15H,4-5,7-9H2,1H3. The number of aliphatic hydroxyl groups excluding tert-OH is 1. The Labute approximate surface area is 106 Å². The first-order valence-electron chi connectivity index (χ1n) is 5.86. The van der Waals surface area contributed by atoms with Crippen molar-refractivity contribution >= 4 is 5.91 Å². The lowest BCUT2D eigenvalue weighted by Gasteiger charge is -2.27. The van der Waals surface area contributed by atoms with Gasteiger partial charge in [0.05, 0.1) is 20.3 Å². The molecule has 0 radical (unpaired) electrons. The number of benzene rings is 1. The largest absolute Gasteiger partial charge is 0.496 e. The molecule has 0 saturated carbocycles. The van der Waals surface area contributed by atoms with Gasteiger partial charge in [0.1, 0.15) is 12.4 Å². The summed E-state index contributed by atoms with van der Waals surface area (Å²) < 4.78 is 10.4. The monoisotopic (exact) mass is 251 g/mol. The third kappa shape index (κ3) is 2.80. The molecule has 0 aromatic heterocycles. The maximum absolute atomic E-state index is 11.7. The van der Waals surface area contributed by atoms with Crippen molar-refractivity contribution < 1.29 is 19.4 Å². The number of carbonyl (C=O) groups excluding carboxylic acids is 1. The van der Waals surface area contributed by atoms with Crippen LogP contribution in [-0.2, 0) is 22.7 Å². The minimum absolute atomic E-state index is 0.0160. The summed E-state index contributed by atoms with van der Waals surface area (Å²) in [4.78, 5) is 13.4. The van der Waals surface area contributed by atoms with Crippen molar-refractivity contribution in [2.75, 3.05) is 26.9 Å². The SMILES string of the molecule is COc1ccc(CO)cc1CN1CCOCC1=O. The van der Waals surface area contributed by atoms with Crippen molar-refractivity contribution in [1.82, 2.24) is 4.90 Å². The lowest BCUT2D eigenvalue weighted by molar-refractivity contribution is -0.143. The van der Waals surface area contributed by atoms with Gasteiger partial charge in [0.25, 0.3) is 0 Å². The average molecular weight is 251 g/mol. The first-order chi connectivity index (χ1) is 8.74. The molecule has 1 saturated heterocycles. The first-order valence-corrected chi connectivity index (χ1v) is 5.86. The van der Waals surface area contributed by atoms with Crippen LogP contribution in [0, 0.1) is 0 Å². The molecule has 0 unspecified atom stereocenters. The summed E-state index contributed by atoms with van der Waals surface area (Å²) in [6.45, 7) is 1.76. The van der Waals surface area contributed by atoms with Crippen molar-refractivity contribution in [1.29, 1.82) is 0 Å². The summed E-state index contributed by atoms with van der Waals surface area (Å²) in [5, 5.41) is 9.14. The van der Waals surface area contributed by atoms with E-state index in [4.69, 9.17) is 14.6 Å². The van der Waals surface area contributed by atoms with Gasteiger partial charge in [-0.25, -0.2) is 0 Å². The van der Waals surface area contributed by atoms with Crippen LogP contribution in [0.15, 0.2) is 18.2 Å². The number of amides is 1. The third-order valence-electron chi connectivity index (χ3n) is 2.97. The predicted octanol–water partition coefficient (Wildman–Crippen LogP) is 0.546. The van der Waals surface area contributed by atoms with Crippen LogP contribution >= 0.6 is 0 Å². The van der Waals surface area contributed by atoms with Gasteiger partial charge in [0, 0.05) is 18.7 Å². The summed E-state index contributed by atoms with van der Waals surface area (Å²) in [6.07, 6.45) is 0. The van der Waals surface area contributed by atoms with Crippen molar-refractivity contribution in [2.45, 2.75) is 13.2 Å². The highest BCUT2D eigenvalue weighted by Gasteiger charge is 2.20. The highest BCUT2D eigenvalue weighted by Crippen LogP contribution is 2.22. The molecule has 5 nitrogen and oxygen atoms in total. The molecule has 1 N–H and O–H groups in total. The van der Waals surface area contributed by atoms with Crippen molar-refractivity contribution in [2.24, 2.45) is 0 Å². The van der Waals surface area contributed by atoms with Crippen molar-refractivity contribution in [3.8, 4) is 5.75 Å². The summed E-state index contributed by atoms with van der Waals surface area (Å²) in [7, 11) is 1.60. The number of rotatable bonds is 4. The van der Waals surface area contributed by atoms with Gasteiger partial charge in [0.2, 0.25) is 5.91 Å². The van der Waals surface area contributed by atoms with E-state index in [0.717, 1.165) is 16.9 Å². The second kappa shape index (κ2) is 5.84. The zero-order chi connectivity index (χ0) is 13.0. The predicted molar refractivity (Wildman–Crippen MR) is 65.2 cm³/mol. The van der Waals surface area contributed by atoms with E-state index in [0.29, 0.717) is 19.7 Å². The fraction of sp³-hybridized carbons (Fsp3) is 0.462. The fourth-order valence-electron chi connectivity index (χ4n) is 1.98. The van der Waals surface area contributed by atoms with Gasteiger partial charge in [-0.05, 0) is 17.7 Å². The Balaban J connectivity index is 2.18. The Morgan fingerprint density at radius 3 is 3.00 bits per heavy atom. The van der Waals surface area contributed by atoms with Gasteiger partial charge >= 0.3 is 0 Å². The Kier molecular flexibility index (Phi) is 4.17. The minimum atomic E-state index is -0.0198. The Bertz CT molecular complexity index is 433. The van der Waals surface area contributed by atoms with E-state index in [1.54, 1.807) is 12.0 Å². The van der Waals surface area contributed by atoms with E-state index >= 15 is 0 Å². The van der Waals surface area contributed by atoms with Crippen LogP contribution in [0.2, 0.25) is 0 Å². The van der Waals surface area contributed by atoms with Gasteiger partial charge in [-0.2, -0.15) is 0 Å². The van der Waals surface area contributed by atoms with Crippen molar-refractivity contribution in [3.63, 3.8) is 0 Å². The molecule has 0 atom stereocenters. The highest BCUT2D eigenvalue weighted by molar-refractivity contribution is 5.78. The molecular weight excluding hydrogens is 234 g/mol. The number of ether oxygens (including phenoxy) is 2. The Morgan fingerprint density at radius 2 is 2.33 bits per heavy atom. The van der Waals surface area contributed by atoms with Crippen LogP contribution in [0.4, 0.5) is 0 Å². The molecule has 1 fully saturated rings. The number of morpholine rings is 1. The molecule has 98 valence electrons. The van der Waals surface area contributed by atoms with Gasteiger partial charge in [-0.3, -0.25) is 4.79 Å². The second-order valence-corrected chi connectivity index (χ2v) is 4.17. The molecular formula is C13H17NO4. The number of hydrogen-bond acceptors (Lipinski definition) is 4. The molecule has 2 rings (SSSR count). The second-order valence-electron chi connectivity index (χ2n) is 4.17.